The standard InChI is InChI=1S/C8H16O2S/c1-3-11-8-4-6(2)10-7(8)5-9/h6-9H,3-5H2,1-2H3/t6?,7-,8+/m1/s1. The molecule has 0 aromatic heterocycles. The largest absolute Gasteiger partial charge is 0.394 e. The minimum Gasteiger partial charge on any atom is -0.394 e. The highest BCUT2D eigenvalue weighted by atomic mass is 32.2. The molecule has 0 aliphatic carbocycles. The van der Waals surface area contributed by atoms with Crippen LogP contribution in [0.2, 0.25) is 0 Å². The van der Waals surface area contributed by atoms with Gasteiger partial charge in [0, 0.05) is 5.25 Å². The first-order chi connectivity index (χ1) is 5.27. The van der Waals surface area contributed by atoms with Crippen molar-refractivity contribution in [2.75, 3.05) is 12.4 Å². The van der Waals surface area contributed by atoms with E-state index in [1.807, 2.05) is 11.8 Å². The number of thioether (sulfide) groups is 1. The highest BCUT2D eigenvalue weighted by Gasteiger charge is 2.31. The summed E-state index contributed by atoms with van der Waals surface area (Å²) in [4.78, 5) is 0. The van der Waals surface area contributed by atoms with E-state index in [0.717, 1.165) is 12.2 Å². The van der Waals surface area contributed by atoms with E-state index in [0.29, 0.717) is 11.4 Å². The number of aliphatic hydroxyl groups excluding tert-OH is 1. The van der Waals surface area contributed by atoms with Gasteiger partial charge in [0.1, 0.15) is 0 Å². The normalized spacial score (nSPS) is 37.9. The van der Waals surface area contributed by atoms with Crippen molar-refractivity contribution in [1.82, 2.24) is 0 Å². The average molecular weight is 176 g/mol. The van der Waals surface area contributed by atoms with Crippen LogP contribution in [-0.4, -0.2) is 34.9 Å². The molecule has 0 aromatic rings. The van der Waals surface area contributed by atoms with Gasteiger partial charge in [-0.2, -0.15) is 11.8 Å². The Labute approximate surface area is 72.3 Å². The summed E-state index contributed by atoms with van der Waals surface area (Å²) < 4.78 is 5.50. The molecule has 1 aliphatic heterocycles. The number of aliphatic hydroxyl groups is 1. The Bertz CT molecular complexity index is 119. The summed E-state index contributed by atoms with van der Waals surface area (Å²) in [5, 5.41) is 9.46. The van der Waals surface area contributed by atoms with Crippen LogP contribution in [0.5, 0.6) is 0 Å². The van der Waals surface area contributed by atoms with Crippen LogP contribution in [0.4, 0.5) is 0 Å². The first kappa shape index (κ1) is 9.36. The molecule has 0 amide bonds. The maximum atomic E-state index is 8.94. The fraction of sp³-hybridized carbons (Fsp3) is 1.00. The van der Waals surface area contributed by atoms with E-state index in [1.165, 1.54) is 0 Å². The average Bonchev–Trinajstić information content (AvgIpc) is 2.32. The zero-order chi connectivity index (χ0) is 8.27. The van der Waals surface area contributed by atoms with Gasteiger partial charge in [0.2, 0.25) is 0 Å². The number of hydrogen-bond donors (Lipinski definition) is 1. The second-order valence-electron chi connectivity index (χ2n) is 2.90. The Morgan fingerprint density at radius 1 is 1.64 bits per heavy atom. The van der Waals surface area contributed by atoms with Gasteiger partial charge in [-0.3, -0.25) is 0 Å². The lowest BCUT2D eigenvalue weighted by Crippen LogP contribution is -2.22. The van der Waals surface area contributed by atoms with Gasteiger partial charge in [-0.1, -0.05) is 6.92 Å². The smallest absolute Gasteiger partial charge is 0.0928 e. The molecule has 0 radical (unpaired) electrons. The molecular weight excluding hydrogens is 160 g/mol. The van der Waals surface area contributed by atoms with Crippen LogP contribution in [0.3, 0.4) is 0 Å². The molecule has 66 valence electrons. The molecule has 3 heteroatoms. The predicted molar refractivity (Wildman–Crippen MR) is 48.0 cm³/mol. The third-order valence-electron chi connectivity index (χ3n) is 1.95. The van der Waals surface area contributed by atoms with Crippen LogP contribution in [0, 0.1) is 0 Å². The van der Waals surface area contributed by atoms with Crippen molar-refractivity contribution >= 4 is 11.8 Å². The molecule has 0 aromatic carbocycles. The molecule has 0 saturated carbocycles. The van der Waals surface area contributed by atoms with E-state index in [2.05, 4.69) is 13.8 Å². The van der Waals surface area contributed by atoms with E-state index in [9.17, 15) is 0 Å². The molecule has 1 fully saturated rings. The van der Waals surface area contributed by atoms with Crippen LogP contribution >= 0.6 is 11.8 Å². The second kappa shape index (κ2) is 4.33. The lowest BCUT2D eigenvalue weighted by Gasteiger charge is -2.13. The van der Waals surface area contributed by atoms with Gasteiger partial charge in [-0.05, 0) is 19.1 Å². The van der Waals surface area contributed by atoms with Crippen molar-refractivity contribution in [3.63, 3.8) is 0 Å². The van der Waals surface area contributed by atoms with Gasteiger partial charge in [-0.15, -0.1) is 0 Å². The van der Waals surface area contributed by atoms with E-state index >= 15 is 0 Å². The molecule has 1 unspecified atom stereocenters. The first-order valence-corrected chi connectivity index (χ1v) is 5.20. The molecule has 11 heavy (non-hydrogen) atoms. The van der Waals surface area contributed by atoms with Crippen LogP contribution in [-0.2, 0) is 4.74 Å². The fourth-order valence-electron chi connectivity index (χ4n) is 1.47. The van der Waals surface area contributed by atoms with E-state index < -0.39 is 0 Å². The number of rotatable bonds is 3. The summed E-state index contributed by atoms with van der Waals surface area (Å²) in [6.07, 6.45) is 1.50. The molecule has 1 saturated heterocycles. The summed E-state index contributed by atoms with van der Waals surface area (Å²) >= 11 is 1.89. The molecule has 2 nitrogen and oxygen atoms in total. The molecule has 1 rings (SSSR count). The van der Waals surface area contributed by atoms with E-state index in [4.69, 9.17) is 9.84 Å². The van der Waals surface area contributed by atoms with Gasteiger partial charge in [0.25, 0.3) is 0 Å². The summed E-state index contributed by atoms with van der Waals surface area (Å²) in [6.45, 7) is 4.38. The molecular formula is C8H16O2S. The third kappa shape index (κ3) is 2.36. The van der Waals surface area contributed by atoms with Crippen molar-refractivity contribution < 1.29 is 9.84 Å². The topological polar surface area (TPSA) is 29.5 Å². The van der Waals surface area contributed by atoms with Crippen molar-refractivity contribution in [3.05, 3.63) is 0 Å². The van der Waals surface area contributed by atoms with Crippen LogP contribution in [0.25, 0.3) is 0 Å². The summed E-state index contributed by atoms with van der Waals surface area (Å²) in [7, 11) is 0. The minimum atomic E-state index is 0.0787. The Hall–Kier alpha value is 0.270. The lowest BCUT2D eigenvalue weighted by molar-refractivity contribution is 0.0212. The lowest BCUT2D eigenvalue weighted by atomic mass is 10.2. The highest BCUT2D eigenvalue weighted by Crippen LogP contribution is 2.29. The number of hydrogen-bond acceptors (Lipinski definition) is 3. The molecule has 1 aliphatic rings. The maximum Gasteiger partial charge on any atom is 0.0928 e. The fourth-order valence-corrected chi connectivity index (χ4v) is 2.67. The highest BCUT2D eigenvalue weighted by molar-refractivity contribution is 7.99. The molecule has 0 spiro atoms. The van der Waals surface area contributed by atoms with Gasteiger partial charge in [0.15, 0.2) is 0 Å². The molecule has 0 bridgehead atoms. The Balaban J connectivity index is 2.37. The summed E-state index contributed by atoms with van der Waals surface area (Å²) in [6, 6.07) is 0. The summed E-state index contributed by atoms with van der Waals surface area (Å²) in [5.41, 5.74) is 0. The van der Waals surface area contributed by atoms with Crippen molar-refractivity contribution in [1.29, 1.82) is 0 Å². The zero-order valence-electron chi connectivity index (χ0n) is 7.12. The van der Waals surface area contributed by atoms with Crippen LogP contribution < -0.4 is 0 Å². The van der Waals surface area contributed by atoms with Crippen molar-refractivity contribution in [2.24, 2.45) is 0 Å². The maximum absolute atomic E-state index is 8.94. The van der Waals surface area contributed by atoms with Crippen LogP contribution in [0.15, 0.2) is 0 Å². The quantitative estimate of drug-likeness (QED) is 0.702. The number of ether oxygens (including phenoxy) is 1. The minimum absolute atomic E-state index is 0.0787. The van der Waals surface area contributed by atoms with Crippen molar-refractivity contribution in [2.45, 2.75) is 37.7 Å². The SMILES string of the molecule is CCS[C@H]1CC(C)O[C@@H]1CO. The van der Waals surface area contributed by atoms with Crippen molar-refractivity contribution in [3.8, 4) is 0 Å². The predicted octanol–water partition coefficient (Wildman–Crippen LogP) is 1.28. The molecule has 1 N–H and O–H groups in total. The van der Waals surface area contributed by atoms with E-state index in [1.54, 1.807) is 0 Å². The Morgan fingerprint density at radius 3 is 2.91 bits per heavy atom. The monoisotopic (exact) mass is 176 g/mol. The molecule has 1 heterocycles. The zero-order valence-corrected chi connectivity index (χ0v) is 7.93. The van der Waals surface area contributed by atoms with Gasteiger partial charge in [0.05, 0.1) is 18.8 Å². The third-order valence-corrected chi connectivity index (χ3v) is 3.20. The van der Waals surface area contributed by atoms with Gasteiger partial charge >= 0.3 is 0 Å². The van der Waals surface area contributed by atoms with Gasteiger partial charge in [-0.25, -0.2) is 0 Å². The Kier molecular flexibility index (Phi) is 3.69. The van der Waals surface area contributed by atoms with E-state index in [-0.39, 0.29) is 12.7 Å². The Morgan fingerprint density at radius 2 is 2.36 bits per heavy atom. The second-order valence-corrected chi connectivity index (χ2v) is 4.41. The summed E-state index contributed by atoms with van der Waals surface area (Å²) in [5.74, 6) is 1.11. The van der Waals surface area contributed by atoms with Gasteiger partial charge < -0.3 is 9.84 Å². The van der Waals surface area contributed by atoms with Crippen LogP contribution in [0.1, 0.15) is 20.3 Å². The molecule has 3 atom stereocenters. The first-order valence-electron chi connectivity index (χ1n) is 4.15.